The Balaban J connectivity index is 1.92. The number of hydrogen-bond acceptors (Lipinski definition) is 5. The molecule has 2 N–H and O–H groups in total. The largest absolute Gasteiger partial charge is 0.478 e. The van der Waals surface area contributed by atoms with Gasteiger partial charge in [0.25, 0.3) is 0 Å². The summed E-state index contributed by atoms with van der Waals surface area (Å²) in [6, 6.07) is 4.66. The highest BCUT2D eigenvalue weighted by molar-refractivity contribution is 7.13. The van der Waals surface area contributed by atoms with E-state index in [1.54, 1.807) is 23.1 Å². The topological polar surface area (TPSA) is 95.4 Å². The highest BCUT2D eigenvalue weighted by Gasteiger charge is 2.26. The van der Waals surface area contributed by atoms with E-state index in [1.807, 2.05) is 0 Å². The average molecular weight is 304 g/mol. The lowest BCUT2D eigenvalue weighted by Crippen LogP contribution is -2.39. The van der Waals surface area contributed by atoms with Crippen LogP contribution in [0.3, 0.4) is 0 Å². The fourth-order valence-corrected chi connectivity index (χ4v) is 2.86. The van der Waals surface area contributed by atoms with E-state index in [2.05, 4.69) is 15.5 Å². The zero-order valence-electron chi connectivity index (χ0n) is 10.9. The van der Waals surface area contributed by atoms with Gasteiger partial charge in [0.1, 0.15) is 5.51 Å². The van der Waals surface area contributed by atoms with Gasteiger partial charge in [-0.3, -0.25) is 10.2 Å². The molecule has 2 aromatic rings. The van der Waals surface area contributed by atoms with Crippen molar-refractivity contribution in [2.45, 2.75) is 12.8 Å². The standard InChI is InChI=1S/C13H12N4O3S/c18-11(19)9-3-1-5-10-8(9)4-2-6-17(10)13(20)15-12-16-14-7-21-12/h1,3,5,7H,2,4,6H2,(H,18,19)(H,15,16,20). The van der Waals surface area contributed by atoms with E-state index in [0.29, 0.717) is 29.3 Å². The van der Waals surface area contributed by atoms with E-state index in [0.717, 1.165) is 6.42 Å². The van der Waals surface area contributed by atoms with Crippen LogP contribution >= 0.6 is 11.3 Å². The summed E-state index contributed by atoms with van der Waals surface area (Å²) in [6.45, 7) is 0.542. The number of carbonyl (C=O) groups excluding carboxylic acids is 1. The predicted octanol–water partition coefficient (Wildman–Crippen LogP) is 2.22. The van der Waals surface area contributed by atoms with Crippen molar-refractivity contribution in [1.29, 1.82) is 0 Å². The minimum absolute atomic E-state index is 0.251. The molecule has 3 rings (SSSR count). The summed E-state index contributed by atoms with van der Waals surface area (Å²) >= 11 is 1.23. The molecule has 0 unspecified atom stereocenters. The van der Waals surface area contributed by atoms with Crippen LogP contribution in [0.2, 0.25) is 0 Å². The Labute approximate surface area is 124 Å². The third-order valence-electron chi connectivity index (χ3n) is 3.30. The van der Waals surface area contributed by atoms with Crippen molar-refractivity contribution in [2.75, 3.05) is 16.8 Å². The zero-order valence-corrected chi connectivity index (χ0v) is 11.8. The Morgan fingerprint density at radius 2 is 2.24 bits per heavy atom. The molecule has 108 valence electrons. The van der Waals surface area contributed by atoms with Crippen LogP contribution in [0, 0.1) is 0 Å². The first kappa shape index (κ1) is 13.5. The number of nitrogens with one attached hydrogen (secondary N) is 1. The number of anilines is 2. The van der Waals surface area contributed by atoms with Crippen LogP contribution in [-0.4, -0.2) is 33.8 Å². The molecule has 1 aromatic carbocycles. The van der Waals surface area contributed by atoms with Gasteiger partial charge in [-0.05, 0) is 30.5 Å². The van der Waals surface area contributed by atoms with Crippen molar-refractivity contribution in [3.05, 3.63) is 34.8 Å². The summed E-state index contributed by atoms with van der Waals surface area (Å²) in [4.78, 5) is 25.1. The number of urea groups is 1. The van der Waals surface area contributed by atoms with Crippen LogP contribution in [0.1, 0.15) is 22.3 Å². The van der Waals surface area contributed by atoms with Gasteiger partial charge in [0.2, 0.25) is 5.13 Å². The molecule has 0 saturated heterocycles. The van der Waals surface area contributed by atoms with E-state index in [1.165, 1.54) is 16.8 Å². The summed E-state index contributed by atoms with van der Waals surface area (Å²) in [5.41, 5.74) is 3.12. The Morgan fingerprint density at radius 1 is 1.38 bits per heavy atom. The Morgan fingerprint density at radius 3 is 2.95 bits per heavy atom. The molecule has 1 aliphatic heterocycles. The molecular formula is C13H12N4O3S. The van der Waals surface area contributed by atoms with Gasteiger partial charge in [-0.1, -0.05) is 17.4 Å². The number of rotatable bonds is 2. The van der Waals surface area contributed by atoms with E-state index in [-0.39, 0.29) is 11.6 Å². The first-order valence-corrected chi connectivity index (χ1v) is 7.24. The Hall–Kier alpha value is -2.48. The van der Waals surface area contributed by atoms with Gasteiger partial charge in [0.05, 0.1) is 5.56 Å². The van der Waals surface area contributed by atoms with Crippen molar-refractivity contribution in [3.8, 4) is 0 Å². The summed E-state index contributed by atoms with van der Waals surface area (Å²) in [6.07, 6.45) is 1.38. The number of benzene rings is 1. The van der Waals surface area contributed by atoms with E-state index >= 15 is 0 Å². The maximum absolute atomic E-state index is 12.3. The monoisotopic (exact) mass is 304 g/mol. The van der Waals surface area contributed by atoms with Gasteiger partial charge >= 0.3 is 12.0 Å². The lowest BCUT2D eigenvalue weighted by atomic mass is 9.96. The van der Waals surface area contributed by atoms with Gasteiger partial charge < -0.3 is 5.11 Å². The highest BCUT2D eigenvalue weighted by Crippen LogP contribution is 2.30. The average Bonchev–Trinajstić information content (AvgIpc) is 2.98. The maximum Gasteiger partial charge on any atom is 0.336 e. The van der Waals surface area contributed by atoms with Gasteiger partial charge in [0, 0.05) is 12.2 Å². The molecule has 0 aliphatic carbocycles. The first-order valence-electron chi connectivity index (χ1n) is 6.36. The molecule has 0 spiro atoms. The molecule has 0 bridgehead atoms. The summed E-state index contributed by atoms with van der Waals surface area (Å²) < 4.78 is 0. The summed E-state index contributed by atoms with van der Waals surface area (Å²) in [7, 11) is 0. The quantitative estimate of drug-likeness (QED) is 0.887. The first-order chi connectivity index (χ1) is 10.2. The minimum atomic E-state index is -0.974. The van der Waals surface area contributed by atoms with Crippen LogP contribution < -0.4 is 10.2 Å². The SMILES string of the molecule is O=C(O)c1cccc2c1CCCN2C(=O)Nc1nncs1. The molecule has 8 heteroatoms. The van der Waals surface area contributed by atoms with Crippen molar-refractivity contribution >= 4 is 34.2 Å². The van der Waals surface area contributed by atoms with Crippen LogP contribution in [0.25, 0.3) is 0 Å². The lowest BCUT2D eigenvalue weighted by Gasteiger charge is -2.29. The molecule has 21 heavy (non-hydrogen) atoms. The normalized spacial score (nSPS) is 13.6. The van der Waals surface area contributed by atoms with E-state index in [4.69, 9.17) is 0 Å². The molecule has 1 aromatic heterocycles. The van der Waals surface area contributed by atoms with Crippen molar-refractivity contribution in [3.63, 3.8) is 0 Å². The lowest BCUT2D eigenvalue weighted by molar-refractivity contribution is 0.0695. The van der Waals surface area contributed by atoms with Crippen LogP contribution in [0.15, 0.2) is 23.7 Å². The number of amides is 2. The summed E-state index contributed by atoms with van der Waals surface area (Å²) in [5, 5.41) is 19.7. The van der Waals surface area contributed by atoms with Gasteiger partial charge in [-0.2, -0.15) is 0 Å². The van der Waals surface area contributed by atoms with Gasteiger partial charge in [-0.15, -0.1) is 10.2 Å². The fourth-order valence-electron chi connectivity index (χ4n) is 2.42. The highest BCUT2D eigenvalue weighted by atomic mass is 32.1. The molecule has 2 heterocycles. The molecule has 2 amide bonds. The van der Waals surface area contributed by atoms with Crippen molar-refractivity contribution in [1.82, 2.24) is 10.2 Å². The maximum atomic E-state index is 12.3. The van der Waals surface area contributed by atoms with Crippen molar-refractivity contribution in [2.24, 2.45) is 0 Å². The predicted molar refractivity (Wildman–Crippen MR) is 78.0 cm³/mol. The molecule has 0 radical (unpaired) electrons. The van der Waals surface area contributed by atoms with Crippen molar-refractivity contribution < 1.29 is 14.7 Å². The number of carbonyl (C=O) groups is 2. The van der Waals surface area contributed by atoms with Gasteiger partial charge in [0.15, 0.2) is 0 Å². The number of carboxylic acid groups (broad SMARTS) is 1. The molecular weight excluding hydrogens is 292 g/mol. The molecule has 1 aliphatic rings. The number of aromatic nitrogens is 2. The zero-order chi connectivity index (χ0) is 14.8. The molecule has 0 saturated carbocycles. The van der Waals surface area contributed by atoms with Crippen LogP contribution in [0.4, 0.5) is 15.6 Å². The van der Waals surface area contributed by atoms with Gasteiger partial charge in [-0.25, -0.2) is 9.59 Å². The number of carboxylic acids is 1. The van der Waals surface area contributed by atoms with E-state index < -0.39 is 5.97 Å². The second-order valence-corrected chi connectivity index (χ2v) is 5.37. The molecule has 0 atom stereocenters. The number of hydrogen-bond donors (Lipinski definition) is 2. The Kier molecular flexibility index (Phi) is 3.53. The summed E-state index contributed by atoms with van der Waals surface area (Å²) in [5.74, 6) is -0.974. The number of aromatic carboxylic acids is 1. The third kappa shape index (κ3) is 2.57. The molecule has 0 fully saturated rings. The Bertz CT molecular complexity index is 687. The second-order valence-electron chi connectivity index (χ2n) is 4.54. The third-order valence-corrected chi connectivity index (χ3v) is 3.91. The minimum Gasteiger partial charge on any atom is -0.478 e. The fraction of sp³-hybridized carbons (Fsp3) is 0.231. The van der Waals surface area contributed by atoms with Crippen LogP contribution in [-0.2, 0) is 6.42 Å². The smallest absolute Gasteiger partial charge is 0.336 e. The number of fused-ring (bicyclic) bond motifs is 1. The van der Waals surface area contributed by atoms with E-state index in [9.17, 15) is 14.7 Å². The van der Waals surface area contributed by atoms with Crippen LogP contribution in [0.5, 0.6) is 0 Å². The number of nitrogens with zero attached hydrogens (tertiary/aromatic N) is 3. The molecule has 7 nitrogen and oxygen atoms in total. The second kappa shape index (κ2) is 5.49.